The predicted molar refractivity (Wildman–Crippen MR) is 103 cm³/mol. The van der Waals surface area contributed by atoms with Gasteiger partial charge in [-0.2, -0.15) is 0 Å². The second-order valence-electron chi connectivity index (χ2n) is 6.29. The molecule has 0 atom stereocenters. The van der Waals surface area contributed by atoms with Gasteiger partial charge in [-0.05, 0) is 30.2 Å². The van der Waals surface area contributed by atoms with E-state index < -0.39 is 0 Å². The average Bonchev–Trinajstić information content (AvgIpc) is 2.67. The van der Waals surface area contributed by atoms with E-state index in [0.717, 1.165) is 6.42 Å². The Morgan fingerprint density at radius 3 is 2.31 bits per heavy atom. The second-order valence-corrected chi connectivity index (χ2v) is 6.73. The van der Waals surface area contributed by atoms with E-state index in [0.29, 0.717) is 43.3 Å². The van der Waals surface area contributed by atoms with E-state index in [-0.39, 0.29) is 11.9 Å². The number of carbonyl (C=O) groups is 2. The summed E-state index contributed by atoms with van der Waals surface area (Å²) < 4.78 is 0. The van der Waals surface area contributed by atoms with E-state index in [1.807, 2.05) is 35.2 Å². The molecule has 6 heteroatoms. The zero-order valence-electron chi connectivity index (χ0n) is 14.5. The van der Waals surface area contributed by atoms with Gasteiger partial charge in [0.25, 0.3) is 0 Å². The van der Waals surface area contributed by atoms with Gasteiger partial charge >= 0.3 is 6.03 Å². The number of hydrogen-bond donors (Lipinski definition) is 1. The standard InChI is InChI=1S/C20H22ClN3O2/c21-17-7-4-8-18(15-17)22-20(26)24-13-11-23(12-14-24)19(25)10-9-16-5-2-1-3-6-16/h1-8,15H,9-14H2,(H,22,26). The summed E-state index contributed by atoms with van der Waals surface area (Å²) in [6, 6.07) is 16.9. The van der Waals surface area contributed by atoms with Crippen LogP contribution in [-0.4, -0.2) is 47.9 Å². The third-order valence-electron chi connectivity index (χ3n) is 4.47. The zero-order valence-corrected chi connectivity index (χ0v) is 15.3. The normalized spacial score (nSPS) is 14.2. The molecule has 0 bridgehead atoms. The second kappa shape index (κ2) is 8.72. The van der Waals surface area contributed by atoms with Crippen LogP contribution in [0.4, 0.5) is 10.5 Å². The number of anilines is 1. The molecule has 3 rings (SSSR count). The van der Waals surface area contributed by atoms with Crippen LogP contribution in [-0.2, 0) is 11.2 Å². The molecule has 2 aromatic carbocycles. The lowest BCUT2D eigenvalue weighted by atomic mass is 10.1. The third kappa shape index (κ3) is 4.99. The van der Waals surface area contributed by atoms with Gasteiger partial charge in [0, 0.05) is 43.3 Å². The smallest absolute Gasteiger partial charge is 0.321 e. The SMILES string of the molecule is O=C(CCc1ccccc1)N1CCN(C(=O)Nc2cccc(Cl)c2)CC1. The van der Waals surface area contributed by atoms with Gasteiger partial charge in [0.2, 0.25) is 5.91 Å². The van der Waals surface area contributed by atoms with Crippen molar-refractivity contribution in [3.05, 3.63) is 65.2 Å². The molecule has 3 amide bonds. The molecule has 1 saturated heterocycles. The number of urea groups is 1. The monoisotopic (exact) mass is 371 g/mol. The van der Waals surface area contributed by atoms with E-state index >= 15 is 0 Å². The molecule has 0 radical (unpaired) electrons. The number of amides is 3. The first-order valence-corrected chi connectivity index (χ1v) is 9.13. The van der Waals surface area contributed by atoms with Crippen molar-refractivity contribution in [2.45, 2.75) is 12.8 Å². The summed E-state index contributed by atoms with van der Waals surface area (Å²) in [5.41, 5.74) is 1.84. The number of piperazine rings is 1. The summed E-state index contributed by atoms with van der Waals surface area (Å²) >= 11 is 5.93. The van der Waals surface area contributed by atoms with Crippen LogP contribution < -0.4 is 5.32 Å². The molecule has 136 valence electrons. The predicted octanol–water partition coefficient (Wildman–Crippen LogP) is 3.65. The molecule has 1 N–H and O–H groups in total. The van der Waals surface area contributed by atoms with Gasteiger partial charge in [-0.3, -0.25) is 4.79 Å². The highest BCUT2D eigenvalue weighted by molar-refractivity contribution is 6.30. The van der Waals surface area contributed by atoms with Crippen LogP contribution in [0.25, 0.3) is 0 Å². The van der Waals surface area contributed by atoms with Crippen molar-refractivity contribution in [1.29, 1.82) is 0 Å². The number of nitrogens with one attached hydrogen (secondary N) is 1. The van der Waals surface area contributed by atoms with Gasteiger partial charge in [0.1, 0.15) is 0 Å². The van der Waals surface area contributed by atoms with Crippen molar-refractivity contribution >= 4 is 29.2 Å². The fraction of sp³-hybridized carbons (Fsp3) is 0.300. The zero-order chi connectivity index (χ0) is 18.4. The minimum absolute atomic E-state index is 0.142. The van der Waals surface area contributed by atoms with Gasteiger partial charge < -0.3 is 15.1 Å². The Hall–Kier alpha value is -2.53. The first-order chi connectivity index (χ1) is 12.6. The van der Waals surface area contributed by atoms with E-state index in [9.17, 15) is 9.59 Å². The van der Waals surface area contributed by atoms with Crippen LogP contribution in [0.1, 0.15) is 12.0 Å². The highest BCUT2D eigenvalue weighted by Crippen LogP contribution is 2.16. The molecule has 1 heterocycles. The lowest BCUT2D eigenvalue weighted by Gasteiger charge is -2.34. The molecule has 26 heavy (non-hydrogen) atoms. The van der Waals surface area contributed by atoms with E-state index in [1.165, 1.54) is 5.56 Å². The third-order valence-corrected chi connectivity index (χ3v) is 4.70. The van der Waals surface area contributed by atoms with Gasteiger partial charge in [0.05, 0.1) is 0 Å². The maximum atomic E-state index is 12.4. The topological polar surface area (TPSA) is 52.7 Å². The first kappa shape index (κ1) is 18.3. The van der Waals surface area contributed by atoms with Crippen LogP contribution in [0, 0.1) is 0 Å². The van der Waals surface area contributed by atoms with E-state index in [4.69, 9.17) is 11.6 Å². The summed E-state index contributed by atoms with van der Waals surface area (Å²) in [5, 5.41) is 3.42. The van der Waals surface area contributed by atoms with Crippen LogP contribution >= 0.6 is 11.6 Å². The van der Waals surface area contributed by atoms with Crippen molar-refractivity contribution in [3.63, 3.8) is 0 Å². The number of hydrogen-bond acceptors (Lipinski definition) is 2. The molecule has 2 aromatic rings. The van der Waals surface area contributed by atoms with E-state index in [2.05, 4.69) is 5.32 Å². The molecule has 0 saturated carbocycles. The molecule has 1 fully saturated rings. The summed E-state index contributed by atoms with van der Waals surface area (Å²) in [6.45, 7) is 2.19. The summed E-state index contributed by atoms with van der Waals surface area (Å²) in [4.78, 5) is 28.3. The molecule has 1 aliphatic rings. The van der Waals surface area contributed by atoms with Crippen LogP contribution in [0.15, 0.2) is 54.6 Å². The number of benzene rings is 2. The number of carbonyl (C=O) groups excluding carboxylic acids is 2. The lowest BCUT2D eigenvalue weighted by Crippen LogP contribution is -2.51. The van der Waals surface area contributed by atoms with Crippen molar-refractivity contribution in [2.75, 3.05) is 31.5 Å². The fourth-order valence-electron chi connectivity index (χ4n) is 2.98. The van der Waals surface area contributed by atoms with Gasteiger partial charge in [-0.25, -0.2) is 4.79 Å². The van der Waals surface area contributed by atoms with Crippen molar-refractivity contribution in [2.24, 2.45) is 0 Å². The Morgan fingerprint density at radius 1 is 0.923 bits per heavy atom. The Morgan fingerprint density at radius 2 is 1.62 bits per heavy atom. The molecule has 5 nitrogen and oxygen atoms in total. The van der Waals surface area contributed by atoms with Crippen LogP contribution in [0.3, 0.4) is 0 Å². The molecule has 0 unspecified atom stereocenters. The molecule has 0 aromatic heterocycles. The van der Waals surface area contributed by atoms with Crippen molar-refractivity contribution in [3.8, 4) is 0 Å². The summed E-state index contributed by atoms with van der Waals surface area (Å²) in [5.74, 6) is 0.142. The Balaban J connectivity index is 1.44. The Labute approximate surface area is 158 Å². The molecule has 0 aliphatic carbocycles. The van der Waals surface area contributed by atoms with Gasteiger partial charge in [0.15, 0.2) is 0 Å². The van der Waals surface area contributed by atoms with Crippen LogP contribution in [0.2, 0.25) is 5.02 Å². The lowest BCUT2D eigenvalue weighted by molar-refractivity contribution is -0.132. The largest absolute Gasteiger partial charge is 0.339 e. The fourth-order valence-corrected chi connectivity index (χ4v) is 3.17. The number of halogens is 1. The minimum Gasteiger partial charge on any atom is -0.339 e. The Kier molecular flexibility index (Phi) is 6.12. The average molecular weight is 372 g/mol. The molecular weight excluding hydrogens is 350 g/mol. The number of rotatable bonds is 4. The van der Waals surface area contributed by atoms with Crippen molar-refractivity contribution in [1.82, 2.24) is 9.80 Å². The highest BCUT2D eigenvalue weighted by Gasteiger charge is 2.23. The number of nitrogens with zero attached hydrogens (tertiary/aromatic N) is 2. The minimum atomic E-state index is -0.163. The van der Waals surface area contributed by atoms with Gasteiger partial charge in [-0.1, -0.05) is 48.0 Å². The highest BCUT2D eigenvalue weighted by atomic mass is 35.5. The molecule has 0 spiro atoms. The van der Waals surface area contributed by atoms with Crippen molar-refractivity contribution < 1.29 is 9.59 Å². The van der Waals surface area contributed by atoms with Gasteiger partial charge in [-0.15, -0.1) is 0 Å². The molecular formula is C20H22ClN3O2. The maximum absolute atomic E-state index is 12.4. The summed E-state index contributed by atoms with van der Waals surface area (Å²) in [6.07, 6.45) is 1.24. The Bertz CT molecular complexity index is 759. The molecule has 1 aliphatic heterocycles. The summed E-state index contributed by atoms with van der Waals surface area (Å²) in [7, 11) is 0. The first-order valence-electron chi connectivity index (χ1n) is 8.75. The quantitative estimate of drug-likeness (QED) is 0.891. The van der Waals surface area contributed by atoms with Crippen LogP contribution in [0.5, 0.6) is 0 Å². The van der Waals surface area contributed by atoms with E-state index in [1.54, 1.807) is 29.2 Å². The maximum Gasteiger partial charge on any atom is 0.321 e. The number of aryl methyl sites for hydroxylation is 1.